The number of nitrogens with one attached hydrogen (secondary N) is 1. The molecular weight excluding hydrogens is 294 g/mol. The van der Waals surface area contributed by atoms with Gasteiger partial charge in [-0.2, -0.15) is 4.31 Å². The number of nitro benzene ring substituents is 1. The van der Waals surface area contributed by atoms with Gasteiger partial charge in [0.15, 0.2) is 0 Å². The van der Waals surface area contributed by atoms with Crippen LogP contribution < -0.4 is 5.32 Å². The van der Waals surface area contributed by atoms with Gasteiger partial charge in [-0.05, 0) is 25.3 Å². The molecule has 1 N–H and O–H groups in total. The fourth-order valence-electron chi connectivity index (χ4n) is 2.31. The molecule has 0 aromatic heterocycles. The van der Waals surface area contributed by atoms with Crippen LogP contribution in [0.25, 0.3) is 0 Å². The third kappa shape index (κ3) is 3.33. The summed E-state index contributed by atoms with van der Waals surface area (Å²) in [4.78, 5) is 10.3. The Balaban J connectivity index is 2.46. The van der Waals surface area contributed by atoms with E-state index in [1.165, 1.54) is 16.4 Å². The van der Waals surface area contributed by atoms with Gasteiger partial charge in [0.2, 0.25) is 10.0 Å². The lowest BCUT2D eigenvalue weighted by Gasteiger charge is -2.18. The van der Waals surface area contributed by atoms with Crippen molar-refractivity contribution in [2.45, 2.75) is 31.1 Å². The molecule has 1 saturated heterocycles. The van der Waals surface area contributed by atoms with Crippen molar-refractivity contribution in [1.29, 1.82) is 0 Å². The van der Waals surface area contributed by atoms with E-state index in [4.69, 9.17) is 0 Å². The summed E-state index contributed by atoms with van der Waals surface area (Å²) in [5.74, 6) is 0. The third-order valence-corrected chi connectivity index (χ3v) is 5.36. The van der Waals surface area contributed by atoms with Crippen LogP contribution in [-0.4, -0.2) is 37.3 Å². The van der Waals surface area contributed by atoms with E-state index in [2.05, 4.69) is 5.32 Å². The van der Waals surface area contributed by atoms with Gasteiger partial charge in [-0.1, -0.05) is 6.92 Å². The van der Waals surface area contributed by atoms with E-state index < -0.39 is 14.9 Å². The number of nitrogens with zero attached hydrogens (tertiary/aromatic N) is 2. The van der Waals surface area contributed by atoms with E-state index in [0.717, 1.165) is 25.3 Å². The summed E-state index contributed by atoms with van der Waals surface area (Å²) in [5.41, 5.74) is 0.212. The van der Waals surface area contributed by atoms with Gasteiger partial charge in [0.1, 0.15) is 4.90 Å². The summed E-state index contributed by atoms with van der Waals surface area (Å²) in [6.45, 7) is 3.52. The zero-order valence-corrected chi connectivity index (χ0v) is 12.7. The number of hydrogen-bond donors (Lipinski definition) is 1. The van der Waals surface area contributed by atoms with Crippen molar-refractivity contribution < 1.29 is 13.3 Å². The minimum Gasteiger partial charge on any atom is -0.384 e. The number of benzene rings is 1. The van der Waals surface area contributed by atoms with Crippen LogP contribution >= 0.6 is 0 Å². The van der Waals surface area contributed by atoms with Gasteiger partial charge in [-0.25, -0.2) is 8.42 Å². The molecule has 0 radical (unpaired) electrons. The smallest absolute Gasteiger partial charge is 0.270 e. The summed E-state index contributed by atoms with van der Waals surface area (Å²) < 4.78 is 26.7. The second-order valence-electron chi connectivity index (χ2n) is 4.98. The van der Waals surface area contributed by atoms with Crippen LogP contribution in [-0.2, 0) is 10.0 Å². The van der Waals surface area contributed by atoms with Gasteiger partial charge < -0.3 is 5.32 Å². The number of nitro groups is 1. The molecule has 0 saturated carbocycles. The Hall–Kier alpha value is -1.67. The molecule has 116 valence electrons. The fraction of sp³-hybridized carbons (Fsp3) is 0.538. The average molecular weight is 313 g/mol. The topological polar surface area (TPSA) is 92.5 Å². The minimum atomic E-state index is -3.69. The fourth-order valence-corrected chi connectivity index (χ4v) is 4.02. The molecular formula is C13H19N3O4S. The zero-order valence-electron chi connectivity index (χ0n) is 11.9. The largest absolute Gasteiger partial charge is 0.384 e. The van der Waals surface area contributed by atoms with Crippen molar-refractivity contribution in [3.05, 3.63) is 28.3 Å². The van der Waals surface area contributed by atoms with Crippen LogP contribution in [0.15, 0.2) is 23.1 Å². The van der Waals surface area contributed by atoms with Gasteiger partial charge in [0.05, 0.1) is 10.6 Å². The van der Waals surface area contributed by atoms with Crippen molar-refractivity contribution in [1.82, 2.24) is 4.31 Å². The summed E-state index contributed by atoms with van der Waals surface area (Å²) in [6, 6.07) is 3.93. The molecule has 2 rings (SSSR count). The van der Waals surface area contributed by atoms with Crippen molar-refractivity contribution in [2.24, 2.45) is 0 Å². The molecule has 0 atom stereocenters. The number of anilines is 1. The van der Waals surface area contributed by atoms with E-state index in [1.807, 2.05) is 6.92 Å². The number of rotatable bonds is 6. The van der Waals surface area contributed by atoms with Crippen molar-refractivity contribution in [3.8, 4) is 0 Å². The Bertz CT molecular complexity index is 624. The maximum atomic E-state index is 12.7. The first-order valence-electron chi connectivity index (χ1n) is 6.99. The molecule has 0 aliphatic carbocycles. The maximum absolute atomic E-state index is 12.7. The molecule has 0 bridgehead atoms. The summed E-state index contributed by atoms with van der Waals surface area (Å²) in [6.07, 6.45) is 2.48. The van der Waals surface area contributed by atoms with Gasteiger partial charge in [-0.3, -0.25) is 10.1 Å². The molecule has 1 aromatic rings. The normalized spacial score (nSPS) is 16.0. The SMILES string of the molecule is CCCNc1ccc([N+](=O)[O-])cc1S(=O)(=O)N1CCCC1. The highest BCUT2D eigenvalue weighted by molar-refractivity contribution is 7.89. The van der Waals surface area contributed by atoms with Gasteiger partial charge in [0, 0.05) is 31.8 Å². The van der Waals surface area contributed by atoms with Crippen LogP contribution in [0, 0.1) is 10.1 Å². The number of sulfonamides is 1. The van der Waals surface area contributed by atoms with Crippen molar-refractivity contribution in [2.75, 3.05) is 25.0 Å². The molecule has 1 aliphatic heterocycles. The van der Waals surface area contributed by atoms with Gasteiger partial charge in [0.25, 0.3) is 5.69 Å². The average Bonchev–Trinajstić information content (AvgIpc) is 2.99. The van der Waals surface area contributed by atoms with Crippen LogP contribution in [0.3, 0.4) is 0 Å². The van der Waals surface area contributed by atoms with Crippen LogP contribution in [0.5, 0.6) is 0 Å². The van der Waals surface area contributed by atoms with E-state index >= 15 is 0 Å². The van der Waals surface area contributed by atoms with Crippen molar-refractivity contribution in [3.63, 3.8) is 0 Å². The molecule has 21 heavy (non-hydrogen) atoms. The van der Waals surface area contributed by atoms with Gasteiger partial charge >= 0.3 is 0 Å². The molecule has 1 aromatic carbocycles. The number of hydrogen-bond acceptors (Lipinski definition) is 5. The highest BCUT2D eigenvalue weighted by atomic mass is 32.2. The first-order valence-corrected chi connectivity index (χ1v) is 8.43. The number of non-ortho nitro benzene ring substituents is 1. The lowest BCUT2D eigenvalue weighted by Crippen LogP contribution is -2.28. The standard InChI is InChI=1S/C13H19N3O4S/c1-2-7-14-12-6-5-11(16(17)18)10-13(12)21(19,20)15-8-3-4-9-15/h5-6,10,14H,2-4,7-9H2,1H3. The molecule has 7 nitrogen and oxygen atoms in total. The second-order valence-corrected chi connectivity index (χ2v) is 6.88. The molecule has 1 fully saturated rings. The van der Waals surface area contributed by atoms with E-state index in [9.17, 15) is 18.5 Å². The molecule has 0 unspecified atom stereocenters. The van der Waals surface area contributed by atoms with E-state index in [1.54, 1.807) is 0 Å². The lowest BCUT2D eigenvalue weighted by molar-refractivity contribution is -0.385. The predicted molar refractivity (Wildman–Crippen MR) is 79.9 cm³/mol. The highest BCUT2D eigenvalue weighted by Gasteiger charge is 2.30. The summed E-state index contributed by atoms with van der Waals surface area (Å²) in [7, 11) is -3.69. The Morgan fingerprint density at radius 3 is 2.57 bits per heavy atom. The Labute approximate surface area is 124 Å². The third-order valence-electron chi connectivity index (χ3n) is 3.42. The maximum Gasteiger partial charge on any atom is 0.270 e. The quantitative estimate of drug-likeness (QED) is 0.642. The zero-order chi connectivity index (χ0) is 15.5. The molecule has 0 amide bonds. The van der Waals surface area contributed by atoms with Crippen LogP contribution in [0.2, 0.25) is 0 Å². The lowest BCUT2D eigenvalue weighted by atomic mass is 10.3. The monoisotopic (exact) mass is 313 g/mol. The molecule has 8 heteroatoms. The molecule has 1 heterocycles. The minimum absolute atomic E-state index is 0.00736. The Morgan fingerprint density at radius 1 is 1.33 bits per heavy atom. The highest BCUT2D eigenvalue weighted by Crippen LogP contribution is 2.30. The summed E-state index contributed by atoms with van der Waals surface area (Å²) in [5, 5.41) is 13.9. The van der Waals surface area contributed by atoms with E-state index in [0.29, 0.717) is 25.3 Å². The predicted octanol–water partition coefficient (Wildman–Crippen LogP) is 2.20. The van der Waals surface area contributed by atoms with Gasteiger partial charge in [-0.15, -0.1) is 0 Å². The second kappa shape index (κ2) is 6.40. The van der Waals surface area contributed by atoms with Crippen molar-refractivity contribution >= 4 is 21.4 Å². The first-order chi connectivity index (χ1) is 9.96. The Morgan fingerprint density at radius 2 is 2.00 bits per heavy atom. The van der Waals surface area contributed by atoms with Crippen LogP contribution in [0.1, 0.15) is 26.2 Å². The van der Waals surface area contributed by atoms with Crippen LogP contribution in [0.4, 0.5) is 11.4 Å². The summed E-state index contributed by atoms with van der Waals surface area (Å²) >= 11 is 0. The first kappa shape index (κ1) is 15.7. The van der Waals surface area contributed by atoms with E-state index in [-0.39, 0.29) is 10.6 Å². The molecule has 0 spiro atoms. The molecule has 1 aliphatic rings. The Kier molecular flexibility index (Phi) is 4.79.